The van der Waals surface area contributed by atoms with Crippen LogP contribution in [-0.2, 0) is 4.74 Å². The zero-order chi connectivity index (χ0) is 8.77. The molecule has 2 aliphatic rings. The van der Waals surface area contributed by atoms with Crippen LogP contribution in [0.15, 0.2) is 0 Å². The van der Waals surface area contributed by atoms with Gasteiger partial charge < -0.3 is 4.74 Å². The van der Waals surface area contributed by atoms with Crippen molar-refractivity contribution in [1.29, 1.82) is 0 Å². The van der Waals surface area contributed by atoms with Crippen molar-refractivity contribution < 1.29 is 4.74 Å². The summed E-state index contributed by atoms with van der Waals surface area (Å²) in [7, 11) is 0. The van der Waals surface area contributed by atoms with E-state index in [1.54, 1.807) is 0 Å². The van der Waals surface area contributed by atoms with Crippen molar-refractivity contribution in [2.24, 2.45) is 11.3 Å². The monoisotopic (exact) mass is 169 g/mol. The van der Waals surface area contributed by atoms with Gasteiger partial charge in [-0.1, -0.05) is 20.8 Å². The molecule has 2 rings (SSSR count). The third kappa shape index (κ3) is 1.50. The summed E-state index contributed by atoms with van der Waals surface area (Å²) < 4.78 is 5.24. The zero-order valence-electron chi connectivity index (χ0n) is 8.34. The van der Waals surface area contributed by atoms with Gasteiger partial charge in [-0.05, 0) is 5.92 Å². The molecule has 0 bridgehead atoms. The summed E-state index contributed by atoms with van der Waals surface area (Å²) in [5, 5.41) is 0. The highest BCUT2D eigenvalue weighted by atomic mass is 16.5. The maximum Gasteiger partial charge on any atom is 0.0554 e. The second-order valence-corrected chi connectivity index (χ2v) is 5.04. The Balaban J connectivity index is 1.76. The Kier molecular flexibility index (Phi) is 1.92. The number of nitrogens with zero attached hydrogens (tertiary/aromatic N) is 1. The highest BCUT2D eigenvalue weighted by Crippen LogP contribution is 2.34. The van der Waals surface area contributed by atoms with Crippen LogP contribution < -0.4 is 0 Å². The fraction of sp³-hybridized carbons (Fsp3) is 1.00. The van der Waals surface area contributed by atoms with Crippen LogP contribution in [0.3, 0.4) is 0 Å². The highest BCUT2D eigenvalue weighted by molar-refractivity contribution is 4.96. The van der Waals surface area contributed by atoms with Crippen molar-refractivity contribution in [2.45, 2.75) is 26.8 Å². The molecule has 2 heteroatoms. The normalized spacial score (nSPS) is 38.0. The fourth-order valence-electron chi connectivity index (χ4n) is 2.04. The minimum Gasteiger partial charge on any atom is -0.380 e. The first-order chi connectivity index (χ1) is 5.61. The van der Waals surface area contributed by atoms with Gasteiger partial charge in [0.2, 0.25) is 0 Å². The Morgan fingerprint density at radius 1 is 1.50 bits per heavy atom. The molecule has 2 saturated heterocycles. The van der Waals surface area contributed by atoms with Gasteiger partial charge >= 0.3 is 0 Å². The van der Waals surface area contributed by atoms with E-state index in [0.29, 0.717) is 5.41 Å². The van der Waals surface area contributed by atoms with E-state index in [4.69, 9.17) is 4.74 Å². The molecule has 0 N–H and O–H groups in total. The van der Waals surface area contributed by atoms with E-state index in [0.717, 1.165) is 25.2 Å². The summed E-state index contributed by atoms with van der Waals surface area (Å²) in [5.41, 5.74) is 0.476. The molecule has 0 aromatic heterocycles. The van der Waals surface area contributed by atoms with Crippen molar-refractivity contribution in [3.05, 3.63) is 0 Å². The molecule has 0 aromatic rings. The molecule has 2 atom stereocenters. The van der Waals surface area contributed by atoms with Crippen LogP contribution in [0.25, 0.3) is 0 Å². The summed E-state index contributed by atoms with van der Waals surface area (Å²) >= 11 is 0. The van der Waals surface area contributed by atoms with Crippen molar-refractivity contribution in [3.63, 3.8) is 0 Å². The molecule has 70 valence electrons. The fourth-order valence-corrected chi connectivity index (χ4v) is 2.04. The minimum atomic E-state index is 0.476. The van der Waals surface area contributed by atoms with Gasteiger partial charge in [-0.15, -0.1) is 0 Å². The van der Waals surface area contributed by atoms with Crippen molar-refractivity contribution in [2.75, 3.05) is 26.3 Å². The Bertz CT molecular complexity index is 175. The number of hydrogen-bond acceptors (Lipinski definition) is 2. The molecule has 2 nitrogen and oxygen atoms in total. The number of ether oxygens (including phenoxy) is 1. The SMILES string of the molecule is CC(C)C1CN1CC1(C)COC1. The molecule has 0 radical (unpaired) electrons. The van der Waals surface area contributed by atoms with E-state index in [2.05, 4.69) is 25.7 Å². The lowest BCUT2D eigenvalue weighted by Crippen LogP contribution is -2.45. The maximum absolute atomic E-state index is 5.24. The van der Waals surface area contributed by atoms with Crippen LogP contribution in [0.1, 0.15) is 20.8 Å². The second kappa shape index (κ2) is 2.71. The predicted molar refractivity (Wildman–Crippen MR) is 49.1 cm³/mol. The van der Waals surface area contributed by atoms with Crippen molar-refractivity contribution >= 4 is 0 Å². The van der Waals surface area contributed by atoms with Crippen LogP contribution >= 0.6 is 0 Å². The van der Waals surface area contributed by atoms with Crippen LogP contribution in [0.4, 0.5) is 0 Å². The quantitative estimate of drug-likeness (QED) is 0.591. The maximum atomic E-state index is 5.24. The van der Waals surface area contributed by atoms with E-state index in [-0.39, 0.29) is 0 Å². The van der Waals surface area contributed by atoms with Crippen LogP contribution in [-0.4, -0.2) is 37.2 Å². The standard InChI is InChI=1S/C10H19NO/c1-8(2)9-4-11(9)5-10(3)6-12-7-10/h8-9H,4-7H2,1-3H3. The second-order valence-electron chi connectivity index (χ2n) is 5.04. The molecular weight excluding hydrogens is 150 g/mol. The lowest BCUT2D eigenvalue weighted by Gasteiger charge is -2.38. The Labute approximate surface area is 74.9 Å². The highest BCUT2D eigenvalue weighted by Gasteiger charge is 2.43. The molecule has 12 heavy (non-hydrogen) atoms. The van der Waals surface area contributed by atoms with Gasteiger partial charge in [-0.25, -0.2) is 0 Å². The van der Waals surface area contributed by atoms with Gasteiger partial charge in [0, 0.05) is 24.5 Å². The summed E-state index contributed by atoms with van der Waals surface area (Å²) in [6.45, 7) is 11.4. The van der Waals surface area contributed by atoms with Crippen LogP contribution in [0.5, 0.6) is 0 Å². The van der Waals surface area contributed by atoms with Crippen molar-refractivity contribution in [3.8, 4) is 0 Å². The van der Waals surface area contributed by atoms with Gasteiger partial charge in [0.15, 0.2) is 0 Å². The third-order valence-corrected chi connectivity index (χ3v) is 3.01. The van der Waals surface area contributed by atoms with Gasteiger partial charge in [0.25, 0.3) is 0 Å². The smallest absolute Gasteiger partial charge is 0.0554 e. The number of hydrogen-bond donors (Lipinski definition) is 0. The van der Waals surface area contributed by atoms with Gasteiger partial charge in [0.1, 0.15) is 0 Å². The van der Waals surface area contributed by atoms with E-state index < -0.39 is 0 Å². The molecule has 2 unspecified atom stereocenters. The van der Waals surface area contributed by atoms with E-state index in [1.807, 2.05) is 0 Å². The largest absolute Gasteiger partial charge is 0.380 e. The molecule has 0 aromatic carbocycles. The topological polar surface area (TPSA) is 12.2 Å². The van der Waals surface area contributed by atoms with Crippen LogP contribution in [0, 0.1) is 11.3 Å². The first kappa shape index (κ1) is 8.52. The molecule has 0 spiro atoms. The Morgan fingerprint density at radius 3 is 2.50 bits per heavy atom. The summed E-state index contributed by atoms with van der Waals surface area (Å²) in [6, 6.07) is 0.863. The molecule has 2 aliphatic heterocycles. The Morgan fingerprint density at radius 2 is 2.17 bits per heavy atom. The Hall–Kier alpha value is -0.0800. The molecule has 2 fully saturated rings. The minimum absolute atomic E-state index is 0.476. The lowest BCUT2D eigenvalue weighted by molar-refractivity contribution is -0.107. The summed E-state index contributed by atoms with van der Waals surface area (Å²) in [4.78, 5) is 2.58. The van der Waals surface area contributed by atoms with Crippen LogP contribution in [0.2, 0.25) is 0 Å². The van der Waals surface area contributed by atoms with Gasteiger partial charge in [0.05, 0.1) is 13.2 Å². The third-order valence-electron chi connectivity index (χ3n) is 3.01. The van der Waals surface area contributed by atoms with E-state index in [9.17, 15) is 0 Å². The molecule has 0 saturated carbocycles. The molecule has 2 heterocycles. The van der Waals surface area contributed by atoms with Gasteiger partial charge in [-0.3, -0.25) is 4.90 Å². The summed E-state index contributed by atoms with van der Waals surface area (Å²) in [6.07, 6.45) is 0. The first-order valence-corrected chi connectivity index (χ1v) is 4.92. The average Bonchev–Trinajstić information content (AvgIpc) is 2.64. The predicted octanol–water partition coefficient (Wildman–Crippen LogP) is 1.36. The molecule has 0 aliphatic carbocycles. The average molecular weight is 169 g/mol. The summed E-state index contributed by atoms with van der Waals surface area (Å²) in [5.74, 6) is 0.828. The van der Waals surface area contributed by atoms with Crippen molar-refractivity contribution in [1.82, 2.24) is 4.90 Å². The lowest BCUT2D eigenvalue weighted by atomic mass is 9.88. The number of rotatable bonds is 3. The van der Waals surface area contributed by atoms with E-state index >= 15 is 0 Å². The first-order valence-electron chi connectivity index (χ1n) is 4.92. The van der Waals surface area contributed by atoms with E-state index in [1.165, 1.54) is 13.1 Å². The molecular formula is C10H19NO. The zero-order valence-corrected chi connectivity index (χ0v) is 8.34. The molecule has 0 amide bonds. The van der Waals surface area contributed by atoms with Gasteiger partial charge in [-0.2, -0.15) is 0 Å².